The first kappa shape index (κ1) is 16.4. The highest BCUT2D eigenvalue weighted by molar-refractivity contribution is 7.89. The van der Waals surface area contributed by atoms with Crippen LogP contribution >= 0.6 is 11.3 Å². The standard InChI is InChI=1S/C13H21N3O3S2/c1-10-11(2)20-9-12(10)13(17)16-5-3-15(4-6-16)7-8-21(14,18)19/h9H,3-8H2,1-2H3,(H2,14,18,19). The molecule has 0 aromatic carbocycles. The molecule has 1 amide bonds. The van der Waals surface area contributed by atoms with Gasteiger partial charge >= 0.3 is 0 Å². The van der Waals surface area contributed by atoms with Gasteiger partial charge in [0.05, 0.1) is 11.3 Å². The number of hydrogen-bond acceptors (Lipinski definition) is 5. The Labute approximate surface area is 129 Å². The average molecular weight is 331 g/mol. The number of carbonyl (C=O) groups excluding carboxylic acids is 1. The number of nitrogens with zero attached hydrogens (tertiary/aromatic N) is 2. The second-order valence-electron chi connectivity index (χ2n) is 5.33. The zero-order valence-corrected chi connectivity index (χ0v) is 14.0. The number of primary sulfonamides is 1. The summed E-state index contributed by atoms with van der Waals surface area (Å²) in [6.45, 7) is 7.03. The molecular weight excluding hydrogens is 310 g/mol. The van der Waals surface area contributed by atoms with E-state index >= 15 is 0 Å². The Morgan fingerprint density at radius 1 is 1.29 bits per heavy atom. The maximum Gasteiger partial charge on any atom is 0.255 e. The van der Waals surface area contributed by atoms with E-state index in [9.17, 15) is 13.2 Å². The van der Waals surface area contributed by atoms with E-state index in [0.29, 0.717) is 32.7 Å². The fourth-order valence-electron chi connectivity index (χ4n) is 2.33. The first-order valence-corrected chi connectivity index (χ1v) is 9.44. The van der Waals surface area contributed by atoms with Gasteiger partial charge in [0.15, 0.2) is 0 Å². The lowest BCUT2D eigenvalue weighted by Crippen LogP contribution is -2.49. The van der Waals surface area contributed by atoms with Gasteiger partial charge in [-0.3, -0.25) is 9.69 Å². The average Bonchev–Trinajstić information content (AvgIpc) is 2.76. The topological polar surface area (TPSA) is 83.7 Å². The zero-order chi connectivity index (χ0) is 15.6. The number of rotatable bonds is 4. The number of carbonyl (C=O) groups is 1. The normalized spacial score (nSPS) is 17.2. The molecule has 1 aliphatic rings. The largest absolute Gasteiger partial charge is 0.336 e. The second kappa shape index (κ2) is 6.43. The van der Waals surface area contributed by atoms with Crippen LogP contribution in [0.1, 0.15) is 20.8 Å². The summed E-state index contributed by atoms with van der Waals surface area (Å²) < 4.78 is 21.9. The van der Waals surface area contributed by atoms with Crippen LogP contribution in [0, 0.1) is 13.8 Å². The first-order chi connectivity index (χ1) is 9.78. The molecule has 0 radical (unpaired) electrons. The van der Waals surface area contributed by atoms with Gasteiger partial charge in [0.1, 0.15) is 0 Å². The molecule has 1 saturated heterocycles. The van der Waals surface area contributed by atoms with Gasteiger partial charge in [-0.1, -0.05) is 0 Å². The summed E-state index contributed by atoms with van der Waals surface area (Å²) in [6.07, 6.45) is 0. The summed E-state index contributed by atoms with van der Waals surface area (Å²) in [4.78, 5) is 17.5. The van der Waals surface area contributed by atoms with Gasteiger partial charge in [-0.25, -0.2) is 13.6 Å². The van der Waals surface area contributed by atoms with Crippen molar-refractivity contribution in [1.29, 1.82) is 0 Å². The highest BCUT2D eigenvalue weighted by atomic mass is 32.2. The van der Waals surface area contributed by atoms with E-state index in [1.807, 2.05) is 29.0 Å². The number of hydrogen-bond donors (Lipinski definition) is 1. The summed E-state index contributed by atoms with van der Waals surface area (Å²) in [5.41, 5.74) is 1.84. The van der Waals surface area contributed by atoms with E-state index in [2.05, 4.69) is 0 Å². The van der Waals surface area contributed by atoms with Crippen molar-refractivity contribution in [2.24, 2.45) is 5.14 Å². The lowest BCUT2D eigenvalue weighted by atomic mass is 10.1. The van der Waals surface area contributed by atoms with Gasteiger partial charge in [-0.2, -0.15) is 0 Å². The van der Waals surface area contributed by atoms with E-state index in [1.54, 1.807) is 11.3 Å². The molecule has 21 heavy (non-hydrogen) atoms. The Balaban J connectivity index is 1.89. The van der Waals surface area contributed by atoms with E-state index in [4.69, 9.17) is 5.14 Å². The number of thiophene rings is 1. The van der Waals surface area contributed by atoms with Crippen LogP contribution in [0.2, 0.25) is 0 Å². The number of aryl methyl sites for hydroxylation is 1. The van der Waals surface area contributed by atoms with Crippen LogP contribution < -0.4 is 5.14 Å². The molecule has 0 unspecified atom stereocenters. The van der Waals surface area contributed by atoms with Crippen LogP contribution in [0.15, 0.2) is 5.38 Å². The van der Waals surface area contributed by atoms with E-state index in [1.165, 1.54) is 4.88 Å². The molecule has 1 aliphatic heterocycles. The van der Waals surface area contributed by atoms with Crippen molar-refractivity contribution in [2.45, 2.75) is 13.8 Å². The van der Waals surface area contributed by atoms with Crippen LogP contribution in [0.25, 0.3) is 0 Å². The quantitative estimate of drug-likeness (QED) is 0.866. The summed E-state index contributed by atoms with van der Waals surface area (Å²) in [5.74, 6) is 0.0343. The molecular formula is C13H21N3O3S2. The van der Waals surface area contributed by atoms with Crippen LogP contribution in [0.3, 0.4) is 0 Å². The Morgan fingerprint density at radius 3 is 2.38 bits per heavy atom. The predicted octanol–water partition coefficient (Wildman–Crippen LogP) is 0.411. The minimum absolute atomic E-state index is 0.0379. The van der Waals surface area contributed by atoms with E-state index in [-0.39, 0.29) is 11.7 Å². The van der Waals surface area contributed by atoms with Crippen molar-refractivity contribution < 1.29 is 13.2 Å². The van der Waals surface area contributed by atoms with Crippen molar-refractivity contribution >= 4 is 27.3 Å². The van der Waals surface area contributed by atoms with Crippen molar-refractivity contribution in [1.82, 2.24) is 9.80 Å². The third-order valence-corrected chi connectivity index (χ3v) is 5.63. The maximum atomic E-state index is 12.5. The lowest BCUT2D eigenvalue weighted by molar-refractivity contribution is 0.0644. The second-order valence-corrected chi connectivity index (χ2v) is 8.15. The Hall–Kier alpha value is -0.960. The highest BCUT2D eigenvalue weighted by Gasteiger charge is 2.24. The van der Waals surface area contributed by atoms with Crippen molar-refractivity contribution in [3.8, 4) is 0 Å². The SMILES string of the molecule is Cc1scc(C(=O)N2CCN(CCS(N)(=O)=O)CC2)c1C. The molecule has 118 valence electrons. The number of amides is 1. The van der Waals surface area contributed by atoms with Crippen molar-refractivity contribution in [3.05, 3.63) is 21.4 Å². The molecule has 8 heteroatoms. The molecule has 1 aromatic heterocycles. The molecule has 2 heterocycles. The number of sulfonamides is 1. The van der Waals surface area contributed by atoms with Crippen LogP contribution in [-0.4, -0.2) is 62.6 Å². The number of piperazine rings is 1. The Morgan fingerprint density at radius 2 is 1.90 bits per heavy atom. The van der Waals surface area contributed by atoms with Crippen LogP contribution in [0.4, 0.5) is 0 Å². The summed E-state index contributed by atoms with van der Waals surface area (Å²) >= 11 is 1.60. The van der Waals surface area contributed by atoms with Gasteiger partial charge in [0, 0.05) is 43.0 Å². The molecule has 0 spiro atoms. The molecule has 2 N–H and O–H groups in total. The van der Waals surface area contributed by atoms with Crippen molar-refractivity contribution in [2.75, 3.05) is 38.5 Å². The molecule has 0 atom stereocenters. The lowest BCUT2D eigenvalue weighted by Gasteiger charge is -2.34. The summed E-state index contributed by atoms with van der Waals surface area (Å²) in [7, 11) is -3.42. The van der Waals surface area contributed by atoms with E-state index in [0.717, 1.165) is 11.1 Å². The first-order valence-electron chi connectivity index (χ1n) is 6.85. The number of nitrogens with two attached hydrogens (primary N) is 1. The van der Waals surface area contributed by atoms with Gasteiger partial charge < -0.3 is 4.90 Å². The molecule has 2 rings (SSSR count). The van der Waals surface area contributed by atoms with Crippen molar-refractivity contribution in [3.63, 3.8) is 0 Å². The van der Waals surface area contributed by atoms with Gasteiger partial charge in [-0.05, 0) is 19.4 Å². The predicted molar refractivity (Wildman–Crippen MR) is 84.1 cm³/mol. The summed E-state index contributed by atoms with van der Waals surface area (Å²) in [6, 6.07) is 0. The zero-order valence-electron chi connectivity index (χ0n) is 12.3. The molecule has 6 nitrogen and oxygen atoms in total. The third-order valence-electron chi connectivity index (χ3n) is 3.87. The smallest absolute Gasteiger partial charge is 0.255 e. The fourth-order valence-corrected chi connectivity index (χ4v) is 3.70. The van der Waals surface area contributed by atoms with Gasteiger partial charge in [0.25, 0.3) is 5.91 Å². The van der Waals surface area contributed by atoms with Crippen LogP contribution in [0.5, 0.6) is 0 Å². The molecule has 0 aliphatic carbocycles. The molecule has 1 fully saturated rings. The summed E-state index contributed by atoms with van der Waals surface area (Å²) in [5, 5.41) is 6.92. The van der Waals surface area contributed by atoms with Gasteiger partial charge in [-0.15, -0.1) is 11.3 Å². The molecule has 1 aromatic rings. The Bertz CT molecular complexity index is 617. The van der Waals surface area contributed by atoms with E-state index < -0.39 is 10.0 Å². The third kappa shape index (κ3) is 4.26. The maximum absolute atomic E-state index is 12.5. The Kier molecular flexibility index (Phi) is 5.03. The highest BCUT2D eigenvalue weighted by Crippen LogP contribution is 2.22. The fraction of sp³-hybridized carbons (Fsp3) is 0.615. The molecule has 0 bridgehead atoms. The van der Waals surface area contributed by atoms with Gasteiger partial charge in [0.2, 0.25) is 10.0 Å². The minimum Gasteiger partial charge on any atom is -0.336 e. The minimum atomic E-state index is -3.42. The monoisotopic (exact) mass is 331 g/mol. The van der Waals surface area contributed by atoms with Crippen LogP contribution in [-0.2, 0) is 10.0 Å². The molecule has 0 saturated carbocycles.